The fourth-order valence-corrected chi connectivity index (χ4v) is 5.62. The molecule has 0 unspecified atom stereocenters. The molecular weight excluding hydrogens is 388 g/mol. The van der Waals surface area contributed by atoms with E-state index < -0.39 is 0 Å². The fourth-order valence-electron chi connectivity index (χ4n) is 4.38. The molecule has 5 heteroatoms. The topological polar surface area (TPSA) is 43.6 Å². The van der Waals surface area contributed by atoms with Crippen LogP contribution in [0.25, 0.3) is 59.0 Å². The van der Waals surface area contributed by atoms with E-state index in [1.807, 2.05) is 54.1 Å². The first-order valence-electron chi connectivity index (χ1n) is 9.80. The normalized spacial score (nSPS) is 12.0. The van der Waals surface area contributed by atoms with Gasteiger partial charge >= 0.3 is 0 Å². The van der Waals surface area contributed by atoms with E-state index in [0.717, 1.165) is 27.5 Å². The van der Waals surface area contributed by atoms with E-state index in [0.29, 0.717) is 5.95 Å². The minimum Gasteiger partial charge on any atom is -0.276 e. The summed E-state index contributed by atoms with van der Waals surface area (Å²) in [4.78, 5) is 14.3. The van der Waals surface area contributed by atoms with Gasteiger partial charge in [0.25, 0.3) is 0 Å². The summed E-state index contributed by atoms with van der Waals surface area (Å²) in [5.74, 6) is 0.669. The molecule has 0 atom stereocenters. The van der Waals surface area contributed by atoms with Gasteiger partial charge in [-0.3, -0.25) is 9.55 Å². The molecule has 0 fully saturated rings. The molecule has 3 aromatic carbocycles. The second-order valence-corrected chi connectivity index (χ2v) is 8.42. The van der Waals surface area contributed by atoms with Crippen LogP contribution in [0.5, 0.6) is 0 Å². The van der Waals surface area contributed by atoms with E-state index in [4.69, 9.17) is 15.0 Å². The molecular formula is C25H14N4S. The Morgan fingerprint density at radius 1 is 0.733 bits per heavy atom. The highest BCUT2D eigenvalue weighted by molar-refractivity contribution is 7.26. The third-order valence-electron chi connectivity index (χ3n) is 5.71. The summed E-state index contributed by atoms with van der Waals surface area (Å²) in [7, 11) is 0. The van der Waals surface area contributed by atoms with Crippen molar-refractivity contribution >= 4 is 64.3 Å². The number of nitrogens with zero attached hydrogens (tertiary/aromatic N) is 4. The maximum Gasteiger partial charge on any atom is 0.235 e. The zero-order chi connectivity index (χ0) is 19.7. The fraction of sp³-hybridized carbons (Fsp3) is 0. The number of pyridine rings is 1. The highest BCUT2D eigenvalue weighted by atomic mass is 32.1. The molecule has 0 saturated heterocycles. The van der Waals surface area contributed by atoms with Crippen LogP contribution in [-0.4, -0.2) is 19.5 Å². The second-order valence-electron chi connectivity index (χ2n) is 7.37. The molecule has 0 saturated carbocycles. The van der Waals surface area contributed by atoms with Gasteiger partial charge in [-0.2, -0.15) is 0 Å². The van der Waals surface area contributed by atoms with Crippen molar-refractivity contribution in [2.75, 3.05) is 0 Å². The third kappa shape index (κ3) is 2.07. The lowest BCUT2D eigenvalue weighted by Gasteiger charge is -2.06. The van der Waals surface area contributed by atoms with Crippen molar-refractivity contribution < 1.29 is 0 Å². The van der Waals surface area contributed by atoms with Crippen LogP contribution in [0.3, 0.4) is 0 Å². The van der Waals surface area contributed by atoms with Gasteiger partial charge in [0, 0.05) is 43.3 Å². The Morgan fingerprint density at radius 3 is 2.63 bits per heavy atom. The molecule has 0 spiro atoms. The lowest BCUT2D eigenvalue weighted by molar-refractivity contribution is 1.01. The van der Waals surface area contributed by atoms with Gasteiger partial charge in [0.05, 0.1) is 22.1 Å². The first-order chi connectivity index (χ1) is 14.9. The zero-order valence-electron chi connectivity index (χ0n) is 15.8. The Kier molecular flexibility index (Phi) is 3.12. The Morgan fingerprint density at radius 2 is 1.63 bits per heavy atom. The number of rotatable bonds is 1. The molecule has 30 heavy (non-hydrogen) atoms. The largest absolute Gasteiger partial charge is 0.276 e. The van der Waals surface area contributed by atoms with E-state index >= 15 is 0 Å². The minimum atomic E-state index is 0.669. The smallest absolute Gasteiger partial charge is 0.235 e. The van der Waals surface area contributed by atoms with Gasteiger partial charge in [-0.15, -0.1) is 11.3 Å². The van der Waals surface area contributed by atoms with Gasteiger partial charge in [-0.1, -0.05) is 42.5 Å². The number of para-hydroxylation sites is 1. The Hall–Kier alpha value is -3.83. The van der Waals surface area contributed by atoms with Crippen molar-refractivity contribution in [1.82, 2.24) is 19.5 Å². The first-order valence-corrected chi connectivity index (χ1v) is 10.6. The average Bonchev–Trinajstić information content (AvgIpc) is 3.34. The summed E-state index contributed by atoms with van der Waals surface area (Å²) in [5.41, 5.74) is 4.02. The standard InChI is InChI=1S/C25H14N4S/c1-3-8-18-15(6-1)14-27-25(28-18)29-19-12-11-17-16-7-2-4-10-21(16)30-24(17)22(19)23-20(29)9-5-13-26-23/h1-14H. The van der Waals surface area contributed by atoms with Crippen LogP contribution in [0.15, 0.2) is 85.2 Å². The molecule has 4 aromatic heterocycles. The Bertz CT molecular complexity index is 1760. The highest BCUT2D eigenvalue weighted by Crippen LogP contribution is 2.42. The molecule has 7 aromatic rings. The van der Waals surface area contributed by atoms with Crippen LogP contribution in [0.4, 0.5) is 0 Å². The zero-order valence-corrected chi connectivity index (χ0v) is 16.6. The maximum absolute atomic E-state index is 4.87. The maximum atomic E-state index is 4.87. The van der Waals surface area contributed by atoms with E-state index in [1.165, 1.54) is 25.6 Å². The number of aromatic nitrogens is 4. The number of hydrogen-bond donors (Lipinski definition) is 0. The molecule has 140 valence electrons. The molecule has 0 aliphatic carbocycles. The minimum absolute atomic E-state index is 0.669. The molecule has 4 nitrogen and oxygen atoms in total. The predicted molar refractivity (Wildman–Crippen MR) is 125 cm³/mol. The number of hydrogen-bond acceptors (Lipinski definition) is 4. The molecule has 7 rings (SSSR count). The van der Waals surface area contributed by atoms with Crippen molar-refractivity contribution in [3.05, 3.63) is 85.2 Å². The molecule has 0 aliphatic rings. The van der Waals surface area contributed by atoms with Crippen LogP contribution >= 0.6 is 11.3 Å². The van der Waals surface area contributed by atoms with E-state index in [-0.39, 0.29) is 0 Å². The van der Waals surface area contributed by atoms with Gasteiger partial charge in [0.1, 0.15) is 0 Å². The van der Waals surface area contributed by atoms with Crippen LogP contribution in [-0.2, 0) is 0 Å². The van der Waals surface area contributed by atoms with Crippen molar-refractivity contribution in [3.63, 3.8) is 0 Å². The summed E-state index contributed by atoms with van der Waals surface area (Å²) in [6.45, 7) is 0. The Labute approximate surface area is 175 Å². The monoisotopic (exact) mass is 402 g/mol. The predicted octanol–water partition coefficient (Wildman–Crippen LogP) is 6.49. The van der Waals surface area contributed by atoms with Crippen LogP contribution in [0, 0.1) is 0 Å². The van der Waals surface area contributed by atoms with Crippen molar-refractivity contribution in [1.29, 1.82) is 0 Å². The summed E-state index contributed by atoms with van der Waals surface area (Å²) in [5, 5.41) is 4.76. The summed E-state index contributed by atoms with van der Waals surface area (Å²) in [6.07, 6.45) is 3.75. The Balaban J connectivity index is 1.67. The van der Waals surface area contributed by atoms with E-state index in [9.17, 15) is 0 Å². The van der Waals surface area contributed by atoms with Gasteiger partial charge in [-0.25, -0.2) is 9.97 Å². The van der Waals surface area contributed by atoms with Crippen molar-refractivity contribution in [3.8, 4) is 5.95 Å². The number of thiophene rings is 1. The number of benzene rings is 3. The highest BCUT2D eigenvalue weighted by Gasteiger charge is 2.19. The quantitative estimate of drug-likeness (QED) is 0.315. The molecule has 0 N–H and O–H groups in total. The summed E-state index contributed by atoms with van der Waals surface area (Å²) < 4.78 is 4.68. The summed E-state index contributed by atoms with van der Waals surface area (Å²) >= 11 is 1.82. The van der Waals surface area contributed by atoms with Crippen molar-refractivity contribution in [2.24, 2.45) is 0 Å². The molecule has 0 aliphatic heterocycles. The van der Waals surface area contributed by atoms with Gasteiger partial charge in [0.2, 0.25) is 5.95 Å². The average molecular weight is 402 g/mol. The second kappa shape index (κ2) is 5.84. The molecule has 0 bridgehead atoms. The third-order valence-corrected chi connectivity index (χ3v) is 6.91. The lowest BCUT2D eigenvalue weighted by Crippen LogP contribution is -2.00. The molecule has 4 heterocycles. The van der Waals surface area contributed by atoms with Crippen LogP contribution < -0.4 is 0 Å². The molecule has 0 amide bonds. The van der Waals surface area contributed by atoms with Crippen LogP contribution in [0.1, 0.15) is 0 Å². The van der Waals surface area contributed by atoms with E-state index in [2.05, 4.69) is 47.0 Å². The SMILES string of the molecule is c1ccc2nc(-n3c4cccnc4c4c5sc6ccccc6c5ccc43)ncc2c1. The van der Waals surface area contributed by atoms with Crippen LogP contribution in [0.2, 0.25) is 0 Å². The van der Waals surface area contributed by atoms with Crippen molar-refractivity contribution in [2.45, 2.75) is 0 Å². The summed E-state index contributed by atoms with van der Waals surface area (Å²) in [6, 6.07) is 25.1. The van der Waals surface area contributed by atoms with Gasteiger partial charge in [-0.05, 0) is 30.3 Å². The van der Waals surface area contributed by atoms with E-state index in [1.54, 1.807) is 0 Å². The first kappa shape index (κ1) is 16.0. The van der Waals surface area contributed by atoms with Gasteiger partial charge < -0.3 is 0 Å². The van der Waals surface area contributed by atoms with Gasteiger partial charge in [0.15, 0.2) is 0 Å². The molecule has 0 radical (unpaired) electrons. The lowest BCUT2D eigenvalue weighted by atomic mass is 10.1. The number of fused-ring (bicyclic) bond motifs is 8.